The zero-order valence-electron chi connectivity index (χ0n) is 11.2. The summed E-state index contributed by atoms with van der Waals surface area (Å²) in [6.07, 6.45) is 0. The Bertz CT molecular complexity index is 661. The summed E-state index contributed by atoms with van der Waals surface area (Å²) in [7, 11) is 0. The molecule has 1 heterocycles. The summed E-state index contributed by atoms with van der Waals surface area (Å²) in [4.78, 5) is 8.79. The third kappa shape index (κ3) is 2.26. The lowest BCUT2D eigenvalue weighted by Crippen LogP contribution is -2.02. The van der Waals surface area contributed by atoms with Gasteiger partial charge in [-0.05, 0) is 6.92 Å². The summed E-state index contributed by atoms with van der Waals surface area (Å²) in [5.74, 6) is 0.299. The minimum absolute atomic E-state index is 0.299. The number of nitrogens with two attached hydrogens (primary N) is 1. The predicted molar refractivity (Wildman–Crippen MR) is 82.1 cm³/mol. The van der Waals surface area contributed by atoms with E-state index in [0.717, 1.165) is 28.1 Å². The number of anilines is 1. The molecule has 2 aromatic carbocycles. The Morgan fingerprint density at radius 1 is 0.700 bits per heavy atom. The van der Waals surface area contributed by atoms with Crippen molar-refractivity contribution in [3.05, 3.63) is 66.2 Å². The molecular weight excluding hydrogens is 246 g/mol. The Morgan fingerprint density at radius 2 is 1.10 bits per heavy atom. The van der Waals surface area contributed by atoms with Crippen LogP contribution in [0.15, 0.2) is 60.7 Å². The van der Waals surface area contributed by atoms with Crippen LogP contribution in [0.25, 0.3) is 22.5 Å². The van der Waals surface area contributed by atoms with Crippen LogP contribution in [0.1, 0.15) is 5.56 Å². The van der Waals surface area contributed by atoms with Gasteiger partial charge in [-0.1, -0.05) is 60.7 Å². The molecule has 20 heavy (non-hydrogen) atoms. The van der Waals surface area contributed by atoms with Crippen molar-refractivity contribution in [3.63, 3.8) is 0 Å². The lowest BCUT2D eigenvalue weighted by molar-refractivity contribution is 1.16. The molecule has 0 fully saturated rings. The van der Waals surface area contributed by atoms with Crippen molar-refractivity contribution in [2.24, 2.45) is 0 Å². The van der Waals surface area contributed by atoms with Crippen LogP contribution < -0.4 is 5.73 Å². The molecule has 3 aromatic rings. The van der Waals surface area contributed by atoms with Crippen molar-refractivity contribution in [1.29, 1.82) is 0 Å². The first-order chi connectivity index (χ1) is 9.75. The normalized spacial score (nSPS) is 10.4. The number of hydrogen-bond donors (Lipinski definition) is 1. The van der Waals surface area contributed by atoms with Crippen LogP contribution in [0.3, 0.4) is 0 Å². The molecule has 0 aliphatic rings. The maximum atomic E-state index is 5.88. The van der Waals surface area contributed by atoms with Crippen molar-refractivity contribution < 1.29 is 0 Å². The van der Waals surface area contributed by atoms with E-state index in [-0.39, 0.29) is 0 Å². The minimum atomic E-state index is 0.299. The third-order valence-electron chi connectivity index (χ3n) is 3.26. The van der Waals surface area contributed by atoms with Crippen LogP contribution in [-0.2, 0) is 0 Å². The second-order valence-electron chi connectivity index (χ2n) is 4.64. The van der Waals surface area contributed by atoms with Crippen molar-refractivity contribution >= 4 is 5.95 Å². The average molecular weight is 261 g/mol. The van der Waals surface area contributed by atoms with Gasteiger partial charge in [0.1, 0.15) is 0 Å². The molecule has 2 N–H and O–H groups in total. The molecule has 0 aliphatic carbocycles. The molecule has 0 atom stereocenters. The van der Waals surface area contributed by atoms with E-state index in [9.17, 15) is 0 Å². The average Bonchev–Trinajstić information content (AvgIpc) is 2.51. The molecule has 3 heteroatoms. The Kier molecular flexibility index (Phi) is 3.17. The summed E-state index contributed by atoms with van der Waals surface area (Å²) in [5, 5.41) is 0. The van der Waals surface area contributed by atoms with Crippen LogP contribution in [-0.4, -0.2) is 9.97 Å². The van der Waals surface area contributed by atoms with Gasteiger partial charge in [-0.15, -0.1) is 0 Å². The summed E-state index contributed by atoms with van der Waals surface area (Å²) < 4.78 is 0. The van der Waals surface area contributed by atoms with E-state index in [1.807, 2.05) is 67.6 Å². The van der Waals surface area contributed by atoms with Gasteiger partial charge in [-0.25, -0.2) is 9.97 Å². The van der Waals surface area contributed by atoms with Crippen molar-refractivity contribution in [2.45, 2.75) is 6.92 Å². The van der Waals surface area contributed by atoms with E-state index in [1.165, 1.54) is 0 Å². The largest absolute Gasteiger partial charge is 0.368 e. The van der Waals surface area contributed by atoms with Crippen LogP contribution >= 0.6 is 0 Å². The number of rotatable bonds is 2. The Morgan fingerprint density at radius 3 is 1.50 bits per heavy atom. The van der Waals surface area contributed by atoms with Gasteiger partial charge in [0.05, 0.1) is 11.4 Å². The zero-order valence-corrected chi connectivity index (χ0v) is 11.2. The van der Waals surface area contributed by atoms with Gasteiger partial charge in [0.15, 0.2) is 0 Å². The predicted octanol–water partition coefficient (Wildman–Crippen LogP) is 3.70. The number of nitrogens with zero attached hydrogens (tertiary/aromatic N) is 2. The second kappa shape index (κ2) is 5.13. The molecule has 3 nitrogen and oxygen atoms in total. The van der Waals surface area contributed by atoms with Crippen LogP contribution in [0, 0.1) is 6.92 Å². The monoisotopic (exact) mass is 261 g/mol. The standard InChI is InChI=1S/C17H15N3/c1-12-15(13-8-4-2-5-9-13)19-17(18)20-16(12)14-10-6-3-7-11-14/h2-11H,1H3,(H2,18,19,20). The highest BCUT2D eigenvalue weighted by molar-refractivity contribution is 5.74. The SMILES string of the molecule is Cc1c(-c2ccccc2)nc(N)nc1-c1ccccc1. The second-order valence-corrected chi connectivity index (χ2v) is 4.64. The molecule has 0 amide bonds. The number of hydrogen-bond acceptors (Lipinski definition) is 3. The fraction of sp³-hybridized carbons (Fsp3) is 0.0588. The summed E-state index contributed by atoms with van der Waals surface area (Å²) in [5.41, 5.74) is 10.8. The molecule has 0 saturated heterocycles. The van der Waals surface area contributed by atoms with Crippen molar-refractivity contribution in [1.82, 2.24) is 9.97 Å². The maximum Gasteiger partial charge on any atom is 0.221 e. The first kappa shape index (κ1) is 12.4. The summed E-state index contributed by atoms with van der Waals surface area (Å²) in [6.45, 7) is 2.03. The molecule has 3 rings (SSSR count). The highest BCUT2D eigenvalue weighted by atomic mass is 15.0. The summed E-state index contributed by atoms with van der Waals surface area (Å²) in [6, 6.07) is 20.1. The molecule has 1 aromatic heterocycles. The highest BCUT2D eigenvalue weighted by Gasteiger charge is 2.12. The van der Waals surface area contributed by atoms with Gasteiger partial charge in [0.25, 0.3) is 0 Å². The Labute approximate surface area is 118 Å². The van der Waals surface area contributed by atoms with Gasteiger partial charge in [-0.2, -0.15) is 0 Å². The van der Waals surface area contributed by atoms with E-state index in [1.54, 1.807) is 0 Å². The number of benzene rings is 2. The van der Waals surface area contributed by atoms with Crippen molar-refractivity contribution in [3.8, 4) is 22.5 Å². The van der Waals surface area contributed by atoms with Gasteiger partial charge in [0, 0.05) is 16.7 Å². The fourth-order valence-electron chi connectivity index (χ4n) is 2.29. The highest BCUT2D eigenvalue weighted by Crippen LogP contribution is 2.29. The zero-order chi connectivity index (χ0) is 13.9. The maximum absolute atomic E-state index is 5.88. The smallest absolute Gasteiger partial charge is 0.221 e. The lowest BCUT2D eigenvalue weighted by atomic mass is 10.0. The van der Waals surface area contributed by atoms with Gasteiger partial charge >= 0.3 is 0 Å². The Hall–Kier alpha value is -2.68. The van der Waals surface area contributed by atoms with Crippen LogP contribution in [0.2, 0.25) is 0 Å². The molecule has 0 bridgehead atoms. The topological polar surface area (TPSA) is 51.8 Å². The summed E-state index contributed by atoms with van der Waals surface area (Å²) >= 11 is 0. The van der Waals surface area contributed by atoms with E-state index in [2.05, 4.69) is 9.97 Å². The van der Waals surface area contributed by atoms with Gasteiger partial charge < -0.3 is 5.73 Å². The number of nitrogen functional groups attached to an aromatic ring is 1. The molecule has 0 saturated carbocycles. The molecule has 98 valence electrons. The molecule has 0 aliphatic heterocycles. The van der Waals surface area contributed by atoms with E-state index in [0.29, 0.717) is 5.95 Å². The fourth-order valence-corrected chi connectivity index (χ4v) is 2.29. The third-order valence-corrected chi connectivity index (χ3v) is 3.26. The van der Waals surface area contributed by atoms with Gasteiger partial charge in [0.2, 0.25) is 5.95 Å². The molecule has 0 radical (unpaired) electrons. The number of aromatic nitrogens is 2. The molecule has 0 spiro atoms. The lowest BCUT2D eigenvalue weighted by Gasteiger charge is -2.11. The quantitative estimate of drug-likeness (QED) is 0.765. The van der Waals surface area contributed by atoms with E-state index >= 15 is 0 Å². The van der Waals surface area contributed by atoms with Crippen LogP contribution in [0.5, 0.6) is 0 Å². The van der Waals surface area contributed by atoms with Crippen molar-refractivity contribution in [2.75, 3.05) is 5.73 Å². The van der Waals surface area contributed by atoms with Gasteiger partial charge in [-0.3, -0.25) is 0 Å². The van der Waals surface area contributed by atoms with Crippen LogP contribution in [0.4, 0.5) is 5.95 Å². The minimum Gasteiger partial charge on any atom is -0.368 e. The molecular formula is C17H15N3. The molecule has 0 unspecified atom stereocenters. The van der Waals surface area contributed by atoms with E-state index < -0.39 is 0 Å². The first-order valence-corrected chi connectivity index (χ1v) is 6.50. The first-order valence-electron chi connectivity index (χ1n) is 6.50. The Balaban J connectivity index is 2.22. The van der Waals surface area contributed by atoms with E-state index in [4.69, 9.17) is 5.73 Å².